The fraction of sp³-hybridized carbons (Fsp3) is 0.500. The normalized spacial score (nSPS) is 10.0. The average molecular weight is 201 g/mol. The Morgan fingerprint density at radius 3 is 2.29 bits per heavy atom. The Kier molecular flexibility index (Phi) is 2.64. The van der Waals surface area contributed by atoms with Crippen molar-refractivity contribution in [3.05, 3.63) is 5.82 Å². The summed E-state index contributed by atoms with van der Waals surface area (Å²) in [6.07, 6.45) is 0. The van der Waals surface area contributed by atoms with E-state index >= 15 is 0 Å². The Labute approximate surface area is 81.3 Å². The second-order valence-electron chi connectivity index (χ2n) is 2.77. The number of ether oxygens (including phenoxy) is 2. The number of aromatic carboxylic acids is 1. The lowest BCUT2D eigenvalue weighted by Gasteiger charge is -1.96. The van der Waals surface area contributed by atoms with E-state index in [1.807, 2.05) is 0 Å². The van der Waals surface area contributed by atoms with Crippen LogP contribution in [0.1, 0.15) is 10.6 Å². The molecule has 14 heavy (non-hydrogen) atoms. The zero-order valence-corrected chi connectivity index (χ0v) is 8.57. The molecule has 0 spiro atoms. The van der Waals surface area contributed by atoms with Gasteiger partial charge < -0.3 is 14.6 Å². The van der Waals surface area contributed by atoms with E-state index in [1.54, 1.807) is 14.1 Å². The monoisotopic (exact) mass is 201 g/mol. The summed E-state index contributed by atoms with van der Waals surface area (Å²) in [6.45, 7) is 0. The molecule has 0 atom stereocenters. The molecule has 1 aromatic rings. The molecule has 0 bridgehead atoms. The van der Waals surface area contributed by atoms with Crippen molar-refractivity contribution in [3.63, 3.8) is 0 Å². The van der Waals surface area contributed by atoms with Crippen molar-refractivity contribution in [2.75, 3.05) is 14.2 Å². The molecule has 0 aromatic carbocycles. The van der Waals surface area contributed by atoms with Crippen LogP contribution in [0.25, 0.3) is 0 Å². The van der Waals surface area contributed by atoms with E-state index < -0.39 is 5.97 Å². The Morgan fingerprint density at radius 2 is 2.00 bits per heavy atom. The third-order valence-electron chi connectivity index (χ3n) is 2.01. The van der Waals surface area contributed by atoms with Gasteiger partial charge in [-0.05, 0) is 0 Å². The molecule has 0 aliphatic carbocycles. The van der Waals surface area contributed by atoms with Crippen LogP contribution in [-0.4, -0.2) is 29.9 Å². The first-order valence-electron chi connectivity index (χ1n) is 3.94. The van der Waals surface area contributed by atoms with Gasteiger partial charge in [-0.15, -0.1) is 0 Å². The molecule has 0 amide bonds. The average Bonchev–Trinajstić information content (AvgIpc) is 2.36. The lowest BCUT2D eigenvalue weighted by Crippen LogP contribution is -2.36. The van der Waals surface area contributed by atoms with Crippen molar-refractivity contribution in [2.45, 2.75) is 0 Å². The molecule has 0 radical (unpaired) electrons. The van der Waals surface area contributed by atoms with Gasteiger partial charge in [-0.25, -0.2) is 4.79 Å². The highest BCUT2D eigenvalue weighted by Gasteiger charge is 2.33. The molecular weight excluding hydrogens is 188 g/mol. The molecule has 1 N–H and O–H groups in total. The summed E-state index contributed by atoms with van der Waals surface area (Å²) in [4.78, 5) is 10.9. The summed E-state index contributed by atoms with van der Waals surface area (Å²) in [6, 6.07) is 0. The quantitative estimate of drug-likeness (QED) is 0.674. The largest absolute Gasteiger partial charge is 0.472 e. The van der Waals surface area contributed by atoms with E-state index in [2.05, 4.69) is 0 Å². The van der Waals surface area contributed by atoms with Gasteiger partial charge in [-0.2, -0.15) is 9.13 Å². The summed E-state index contributed by atoms with van der Waals surface area (Å²) in [5.74, 6) is -0.171. The molecule has 0 aliphatic heterocycles. The predicted molar refractivity (Wildman–Crippen MR) is 46.7 cm³/mol. The Hall–Kier alpha value is -1.72. The van der Waals surface area contributed by atoms with E-state index in [1.165, 1.54) is 23.4 Å². The Morgan fingerprint density at radius 1 is 1.43 bits per heavy atom. The molecule has 1 aromatic heterocycles. The highest BCUT2D eigenvalue weighted by atomic mass is 16.5. The Balaban J connectivity index is 3.46. The van der Waals surface area contributed by atoms with Crippen LogP contribution in [0.3, 0.4) is 0 Å². The van der Waals surface area contributed by atoms with Crippen LogP contribution in [0.15, 0.2) is 0 Å². The molecule has 1 rings (SSSR count). The number of aromatic nitrogens is 2. The maximum Gasteiger partial charge on any atom is 0.419 e. The van der Waals surface area contributed by atoms with E-state index in [-0.39, 0.29) is 5.82 Å². The minimum atomic E-state index is -1.03. The summed E-state index contributed by atoms with van der Waals surface area (Å²) in [5, 5.41) is 8.92. The van der Waals surface area contributed by atoms with Crippen LogP contribution in [0.2, 0.25) is 0 Å². The number of imidazole rings is 1. The van der Waals surface area contributed by atoms with Gasteiger partial charge in [0.05, 0.1) is 28.3 Å². The smallest absolute Gasteiger partial charge is 0.419 e. The number of hydrogen-bond acceptors (Lipinski definition) is 3. The lowest BCUT2D eigenvalue weighted by molar-refractivity contribution is -0.678. The summed E-state index contributed by atoms with van der Waals surface area (Å²) in [5.41, 5.74) is 0. The molecular formula is C8H13N2O4+. The summed E-state index contributed by atoms with van der Waals surface area (Å²) in [7, 11) is 6.13. The fourth-order valence-electron chi connectivity index (χ4n) is 1.44. The number of hydrogen-bond donors (Lipinski definition) is 1. The van der Waals surface area contributed by atoms with Crippen LogP contribution >= 0.6 is 0 Å². The van der Waals surface area contributed by atoms with E-state index in [9.17, 15) is 4.79 Å². The van der Waals surface area contributed by atoms with Gasteiger partial charge in [0.1, 0.15) is 0 Å². The van der Waals surface area contributed by atoms with Gasteiger partial charge >= 0.3 is 23.6 Å². The fourth-order valence-corrected chi connectivity index (χ4v) is 1.44. The number of nitrogens with zero attached hydrogens (tertiary/aromatic N) is 2. The molecule has 0 unspecified atom stereocenters. The molecule has 1 heterocycles. The van der Waals surface area contributed by atoms with E-state index in [0.29, 0.717) is 11.8 Å². The van der Waals surface area contributed by atoms with Crippen molar-refractivity contribution in [2.24, 2.45) is 14.1 Å². The van der Waals surface area contributed by atoms with Crippen molar-refractivity contribution in [3.8, 4) is 11.8 Å². The van der Waals surface area contributed by atoms with Crippen LogP contribution in [0, 0.1) is 0 Å². The molecule has 0 aliphatic rings. The first-order chi connectivity index (χ1) is 6.54. The van der Waals surface area contributed by atoms with Crippen LogP contribution in [0.5, 0.6) is 11.8 Å². The minimum Gasteiger partial charge on any atom is -0.472 e. The zero-order valence-electron chi connectivity index (χ0n) is 8.57. The second kappa shape index (κ2) is 3.57. The van der Waals surface area contributed by atoms with E-state index in [0.717, 1.165) is 0 Å². The van der Waals surface area contributed by atoms with Crippen LogP contribution in [0.4, 0.5) is 0 Å². The first kappa shape index (κ1) is 10.4. The molecule has 6 nitrogen and oxygen atoms in total. The maximum atomic E-state index is 10.9. The van der Waals surface area contributed by atoms with Gasteiger partial charge in [0.2, 0.25) is 0 Å². The number of methoxy groups -OCH3 is 2. The number of carboxylic acid groups (broad SMARTS) is 1. The number of rotatable bonds is 3. The molecule has 0 fully saturated rings. The van der Waals surface area contributed by atoms with Gasteiger partial charge in [-0.1, -0.05) is 0 Å². The second-order valence-corrected chi connectivity index (χ2v) is 2.77. The highest BCUT2D eigenvalue weighted by molar-refractivity contribution is 5.82. The van der Waals surface area contributed by atoms with Gasteiger partial charge in [0.25, 0.3) is 0 Å². The first-order valence-corrected chi connectivity index (χ1v) is 3.94. The maximum absolute atomic E-state index is 10.9. The molecule has 0 saturated heterocycles. The van der Waals surface area contributed by atoms with Crippen molar-refractivity contribution in [1.82, 2.24) is 4.57 Å². The minimum absolute atomic E-state index is 0.0960. The summed E-state index contributed by atoms with van der Waals surface area (Å²) >= 11 is 0. The van der Waals surface area contributed by atoms with Crippen molar-refractivity contribution < 1.29 is 23.9 Å². The molecule has 78 valence electrons. The number of carbonyl (C=O) groups is 1. The lowest BCUT2D eigenvalue weighted by atomic mass is 10.6. The predicted octanol–water partition coefficient (Wildman–Crippen LogP) is -0.435. The van der Waals surface area contributed by atoms with Gasteiger partial charge in [-0.3, -0.25) is 0 Å². The topological polar surface area (TPSA) is 64.6 Å². The third kappa shape index (κ3) is 1.28. The summed E-state index contributed by atoms with van der Waals surface area (Å²) < 4.78 is 12.9. The SMILES string of the molecule is COc1c(OC)[n+](C)c(C(=O)O)n1C. The standard InChI is InChI=1S/C8H12N2O4/c1-9-5(8(11)12)10(2)7(14-4)6(9)13-3/h1-4H3/p+1. The highest BCUT2D eigenvalue weighted by Crippen LogP contribution is 2.23. The Bertz CT molecular complexity index is 342. The third-order valence-corrected chi connectivity index (χ3v) is 2.01. The van der Waals surface area contributed by atoms with Crippen LogP contribution < -0.4 is 14.0 Å². The van der Waals surface area contributed by atoms with Gasteiger partial charge in [0, 0.05) is 0 Å². The van der Waals surface area contributed by atoms with E-state index in [4.69, 9.17) is 14.6 Å². The molecule has 0 saturated carbocycles. The van der Waals surface area contributed by atoms with Crippen LogP contribution in [-0.2, 0) is 14.1 Å². The number of carboxylic acids is 1. The van der Waals surface area contributed by atoms with Crippen molar-refractivity contribution >= 4 is 5.97 Å². The zero-order chi connectivity index (χ0) is 10.9. The van der Waals surface area contributed by atoms with Crippen molar-refractivity contribution in [1.29, 1.82) is 0 Å². The van der Waals surface area contributed by atoms with Gasteiger partial charge in [0.15, 0.2) is 0 Å². The molecule has 6 heteroatoms.